The summed E-state index contributed by atoms with van der Waals surface area (Å²) in [5.74, 6) is -0.187. The lowest BCUT2D eigenvalue weighted by Crippen LogP contribution is -1.90. The van der Waals surface area contributed by atoms with Gasteiger partial charge in [-0.3, -0.25) is 0 Å². The van der Waals surface area contributed by atoms with Gasteiger partial charge in [-0.05, 0) is 35.4 Å². The van der Waals surface area contributed by atoms with Crippen molar-refractivity contribution >= 4 is 12.2 Å². The zero-order chi connectivity index (χ0) is 19.1. The van der Waals surface area contributed by atoms with Gasteiger partial charge in [0.2, 0.25) is 0 Å². The van der Waals surface area contributed by atoms with Crippen LogP contribution in [0.4, 0.5) is 26.3 Å². The summed E-state index contributed by atoms with van der Waals surface area (Å²) in [6, 6.07) is 7.34. The van der Waals surface area contributed by atoms with Crippen LogP contribution in [0.5, 0.6) is 11.5 Å². The van der Waals surface area contributed by atoms with Crippen LogP contribution in [0, 0.1) is 0 Å². The molecule has 0 aliphatic heterocycles. The van der Waals surface area contributed by atoms with Gasteiger partial charge in [0, 0.05) is 0 Å². The van der Waals surface area contributed by atoms with Crippen LogP contribution in [0.25, 0.3) is 12.2 Å². The summed E-state index contributed by atoms with van der Waals surface area (Å²) < 4.78 is 81.6. The maximum atomic E-state index is 12.7. The van der Waals surface area contributed by atoms with Crippen molar-refractivity contribution in [3.05, 3.63) is 83.8 Å². The Hall–Kier alpha value is -3.16. The van der Waals surface area contributed by atoms with Gasteiger partial charge >= 0.3 is 24.2 Å². The van der Waals surface area contributed by atoms with E-state index in [1.165, 1.54) is 48.5 Å². The topological polar surface area (TPSA) is 18.5 Å². The van der Waals surface area contributed by atoms with Crippen LogP contribution in [0.15, 0.2) is 72.7 Å². The summed E-state index contributed by atoms with van der Waals surface area (Å²) in [6.45, 7) is 0. The molecule has 136 valence electrons. The van der Waals surface area contributed by atoms with E-state index in [0.717, 1.165) is 0 Å². The highest BCUT2D eigenvalue weighted by Crippen LogP contribution is 2.21. The van der Waals surface area contributed by atoms with Crippen molar-refractivity contribution in [2.24, 2.45) is 0 Å². The largest absolute Gasteiger partial charge is 0.428 e. The molecule has 0 heterocycles. The number of hydrogen-bond donors (Lipinski definition) is 0. The summed E-state index contributed by atoms with van der Waals surface area (Å²) >= 11 is 0. The molecule has 0 saturated heterocycles. The molecule has 0 aliphatic rings. The third kappa shape index (κ3) is 5.73. The molecule has 0 aromatic heterocycles. The van der Waals surface area contributed by atoms with Gasteiger partial charge < -0.3 is 9.47 Å². The predicted octanol–water partition coefficient (Wildman–Crippen LogP) is 6.68. The average molecular weight is 372 g/mol. The molecule has 2 nitrogen and oxygen atoms in total. The average Bonchev–Trinajstić information content (AvgIpc) is 2.62. The second kappa shape index (κ2) is 8.80. The Bertz CT molecular complexity index is 759. The lowest BCUT2D eigenvalue weighted by molar-refractivity contribution is 0.241. The zero-order valence-electron chi connectivity index (χ0n) is 12.9. The molecule has 26 heavy (non-hydrogen) atoms. The minimum absolute atomic E-state index is 0.0934. The second-order valence-electron chi connectivity index (χ2n) is 4.74. The summed E-state index contributed by atoms with van der Waals surface area (Å²) in [6.07, 6.45) is -1.79. The van der Waals surface area contributed by atoms with Gasteiger partial charge in [0.05, 0.1) is 0 Å². The highest BCUT2D eigenvalue weighted by Gasteiger charge is 2.08. The van der Waals surface area contributed by atoms with Gasteiger partial charge in [-0.15, -0.1) is 0 Å². The minimum atomic E-state index is -2.55. The highest BCUT2D eigenvalue weighted by molar-refractivity contribution is 5.70. The molecule has 0 spiro atoms. The summed E-state index contributed by atoms with van der Waals surface area (Å²) in [4.78, 5) is 0. The van der Waals surface area contributed by atoms with E-state index in [2.05, 4.69) is 9.47 Å². The Labute approximate surface area is 144 Å². The Balaban J connectivity index is 2.01. The molecule has 0 amide bonds. The van der Waals surface area contributed by atoms with E-state index < -0.39 is 24.2 Å². The van der Waals surface area contributed by atoms with Crippen molar-refractivity contribution in [2.45, 2.75) is 0 Å². The molecule has 0 unspecified atom stereocenters. The second-order valence-corrected chi connectivity index (χ2v) is 4.74. The van der Waals surface area contributed by atoms with Crippen LogP contribution in [-0.4, -0.2) is 0 Å². The van der Waals surface area contributed by atoms with E-state index >= 15 is 0 Å². The molecular formula is C18H10F6O2. The molecule has 2 aromatic rings. The highest BCUT2D eigenvalue weighted by atomic mass is 19.3. The van der Waals surface area contributed by atoms with Crippen molar-refractivity contribution < 1.29 is 35.8 Å². The van der Waals surface area contributed by atoms with E-state index in [0.29, 0.717) is 11.1 Å². The molecule has 0 radical (unpaired) electrons. The van der Waals surface area contributed by atoms with Crippen LogP contribution in [0.1, 0.15) is 11.1 Å². The van der Waals surface area contributed by atoms with Gasteiger partial charge in [0.1, 0.15) is 11.5 Å². The first kappa shape index (κ1) is 19.2. The monoisotopic (exact) mass is 372 g/mol. The van der Waals surface area contributed by atoms with Crippen LogP contribution in [0.2, 0.25) is 0 Å². The third-order valence-corrected chi connectivity index (χ3v) is 2.94. The summed E-state index contributed by atoms with van der Waals surface area (Å²) in [5, 5.41) is 0. The third-order valence-electron chi connectivity index (χ3n) is 2.94. The molecule has 2 rings (SSSR count). The lowest BCUT2D eigenvalue weighted by Gasteiger charge is -2.03. The fourth-order valence-corrected chi connectivity index (χ4v) is 1.77. The van der Waals surface area contributed by atoms with E-state index in [9.17, 15) is 26.3 Å². The summed E-state index contributed by atoms with van der Waals surface area (Å²) in [7, 11) is 0. The first-order chi connectivity index (χ1) is 12.3. The lowest BCUT2D eigenvalue weighted by atomic mass is 10.1. The fraction of sp³-hybridized carbons (Fsp3) is 0. The Morgan fingerprint density at radius 3 is 1.12 bits per heavy atom. The number of ether oxygens (including phenoxy) is 2. The van der Waals surface area contributed by atoms with Crippen molar-refractivity contribution in [1.29, 1.82) is 0 Å². The molecular weight excluding hydrogens is 362 g/mol. The molecule has 0 atom stereocenters. The maximum absolute atomic E-state index is 12.7. The molecule has 0 saturated carbocycles. The van der Waals surface area contributed by atoms with Gasteiger partial charge in [0.25, 0.3) is 0 Å². The van der Waals surface area contributed by atoms with E-state index in [1.807, 2.05) is 0 Å². The van der Waals surface area contributed by atoms with Crippen LogP contribution in [0.3, 0.4) is 0 Å². The molecule has 0 bridgehead atoms. The van der Waals surface area contributed by atoms with Crippen LogP contribution in [-0.2, 0) is 0 Å². The Morgan fingerprint density at radius 1 is 0.538 bits per heavy atom. The SMILES string of the molecule is FC(F)=C(F)Oc1ccc(C=Cc2ccc(OC(F)=C(F)F)cc2)cc1. The number of hydrogen-bond acceptors (Lipinski definition) is 2. The van der Waals surface area contributed by atoms with Crippen molar-refractivity contribution in [1.82, 2.24) is 0 Å². The Morgan fingerprint density at radius 2 is 0.846 bits per heavy atom. The summed E-state index contributed by atoms with van der Waals surface area (Å²) in [5.41, 5.74) is 1.33. The molecule has 2 aromatic carbocycles. The molecule has 8 heteroatoms. The molecule has 0 N–H and O–H groups in total. The van der Waals surface area contributed by atoms with Crippen molar-refractivity contribution in [3.8, 4) is 11.5 Å². The number of halogens is 6. The standard InChI is InChI=1S/C18H10F6O2/c19-15(20)17(23)25-13-7-3-11(4-8-13)1-2-12-5-9-14(10-6-12)26-18(24)16(21)22/h1-10H. The first-order valence-electron chi connectivity index (χ1n) is 7.00. The van der Waals surface area contributed by atoms with Crippen LogP contribution < -0.4 is 9.47 Å². The quantitative estimate of drug-likeness (QED) is 0.320. The number of benzene rings is 2. The maximum Gasteiger partial charge on any atom is 0.344 e. The van der Waals surface area contributed by atoms with Crippen LogP contribution >= 0.6 is 0 Å². The van der Waals surface area contributed by atoms with E-state index in [4.69, 9.17) is 0 Å². The van der Waals surface area contributed by atoms with Gasteiger partial charge in [-0.1, -0.05) is 36.4 Å². The van der Waals surface area contributed by atoms with Crippen molar-refractivity contribution in [3.63, 3.8) is 0 Å². The first-order valence-corrected chi connectivity index (χ1v) is 7.00. The predicted molar refractivity (Wildman–Crippen MR) is 83.8 cm³/mol. The normalized spacial score (nSPS) is 10.5. The minimum Gasteiger partial charge on any atom is -0.428 e. The van der Waals surface area contributed by atoms with Gasteiger partial charge in [-0.25, -0.2) is 0 Å². The number of rotatable bonds is 6. The molecule has 0 fully saturated rings. The smallest absolute Gasteiger partial charge is 0.344 e. The molecule has 0 aliphatic carbocycles. The Kier molecular flexibility index (Phi) is 6.48. The van der Waals surface area contributed by atoms with E-state index in [1.54, 1.807) is 12.2 Å². The van der Waals surface area contributed by atoms with Crippen molar-refractivity contribution in [2.75, 3.05) is 0 Å². The van der Waals surface area contributed by atoms with Gasteiger partial charge in [0.15, 0.2) is 0 Å². The fourth-order valence-electron chi connectivity index (χ4n) is 1.77. The van der Waals surface area contributed by atoms with Gasteiger partial charge in [-0.2, -0.15) is 26.3 Å². The zero-order valence-corrected chi connectivity index (χ0v) is 12.9. The van der Waals surface area contributed by atoms with E-state index in [-0.39, 0.29) is 11.5 Å².